The number of fused-ring (bicyclic) bond motifs is 1. The van der Waals surface area contributed by atoms with E-state index in [-0.39, 0.29) is 11.5 Å². The average Bonchev–Trinajstić information content (AvgIpc) is 2.82. The lowest BCUT2D eigenvalue weighted by Crippen LogP contribution is -2.25. The van der Waals surface area contributed by atoms with Crippen molar-refractivity contribution in [2.24, 2.45) is 5.92 Å². The summed E-state index contributed by atoms with van der Waals surface area (Å²) in [5, 5.41) is 10.1. The summed E-state index contributed by atoms with van der Waals surface area (Å²) in [6.45, 7) is 4.40. The molecule has 1 aromatic carbocycles. The van der Waals surface area contributed by atoms with E-state index in [1.165, 1.54) is 11.3 Å². The number of rotatable bonds is 7. The largest absolute Gasteiger partial charge is 0.391 e. The molecule has 0 saturated carbocycles. The number of sulfonamides is 1. The molecule has 2 aromatic rings. The zero-order valence-corrected chi connectivity index (χ0v) is 13.9. The molecule has 0 radical (unpaired) electrons. The minimum Gasteiger partial charge on any atom is -0.391 e. The zero-order valence-electron chi connectivity index (χ0n) is 12.3. The first-order chi connectivity index (χ1) is 9.95. The van der Waals surface area contributed by atoms with Gasteiger partial charge in [-0.15, -0.1) is 11.3 Å². The fourth-order valence-electron chi connectivity index (χ4n) is 2.26. The average molecular weight is 327 g/mol. The summed E-state index contributed by atoms with van der Waals surface area (Å²) in [6, 6.07) is 7.34. The maximum absolute atomic E-state index is 12.5. The zero-order chi connectivity index (χ0) is 15.5. The minimum atomic E-state index is -3.58. The number of hydrogen-bond acceptors (Lipinski definition) is 4. The number of nitrogens with one attached hydrogen (secondary N) is 1. The van der Waals surface area contributed by atoms with Gasteiger partial charge in [-0.05, 0) is 24.8 Å². The van der Waals surface area contributed by atoms with Crippen LogP contribution in [0.3, 0.4) is 0 Å². The fourth-order valence-corrected chi connectivity index (χ4v) is 5.13. The molecule has 0 bridgehead atoms. The Labute approximate surface area is 129 Å². The van der Waals surface area contributed by atoms with Crippen molar-refractivity contribution in [1.29, 1.82) is 0 Å². The predicted octanol–water partition coefficient (Wildman–Crippen LogP) is 3.11. The summed E-state index contributed by atoms with van der Waals surface area (Å²) in [5.74, 6) is 0.560. The van der Waals surface area contributed by atoms with Crippen LogP contribution in [0.1, 0.15) is 31.6 Å². The highest BCUT2D eigenvalue weighted by Gasteiger charge is 2.23. The molecule has 0 atom stereocenters. The van der Waals surface area contributed by atoms with Crippen molar-refractivity contribution in [1.82, 2.24) is 4.72 Å². The molecule has 0 aliphatic heterocycles. The van der Waals surface area contributed by atoms with Gasteiger partial charge in [-0.3, -0.25) is 0 Å². The molecule has 6 heteroatoms. The molecule has 0 spiro atoms. The van der Waals surface area contributed by atoms with Gasteiger partial charge in [0.05, 0.1) is 11.5 Å². The van der Waals surface area contributed by atoms with Gasteiger partial charge in [0.1, 0.15) is 4.90 Å². The fraction of sp³-hybridized carbons (Fsp3) is 0.467. The summed E-state index contributed by atoms with van der Waals surface area (Å²) in [4.78, 5) is 0.725. The Morgan fingerprint density at radius 1 is 1.29 bits per heavy atom. The SMILES string of the molecule is CC(C)CCCNS(=O)(=O)c1c(CO)sc2ccccc12. The van der Waals surface area contributed by atoms with E-state index in [4.69, 9.17) is 0 Å². The van der Waals surface area contributed by atoms with Crippen LogP contribution in [0, 0.1) is 5.92 Å². The molecule has 0 aliphatic rings. The van der Waals surface area contributed by atoms with E-state index < -0.39 is 10.0 Å². The Kier molecular flexibility index (Phi) is 5.37. The second-order valence-electron chi connectivity index (χ2n) is 5.44. The van der Waals surface area contributed by atoms with Crippen molar-refractivity contribution in [3.05, 3.63) is 29.1 Å². The Morgan fingerprint density at radius 3 is 2.67 bits per heavy atom. The van der Waals surface area contributed by atoms with Crippen LogP contribution in [-0.4, -0.2) is 20.1 Å². The number of aliphatic hydroxyl groups excluding tert-OH is 1. The lowest BCUT2D eigenvalue weighted by molar-refractivity contribution is 0.283. The maximum Gasteiger partial charge on any atom is 0.242 e. The van der Waals surface area contributed by atoms with Crippen molar-refractivity contribution >= 4 is 31.4 Å². The first-order valence-electron chi connectivity index (χ1n) is 7.06. The van der Waals surface area contributed by atoms with E-state index in [1.807, 2.05) is 18.2 Å². The van der Waals surface area contributed by atoms with Crippen LogP contribution in [0.5, 0.6) is 0 Å². The normalized spacial score (nSPS) is 12.4. The van der Waals surface area contributed by atoms with E-state index in [1.54, 1.807) is 6.07 Å². The van der Waals surface area contributed by atoms with Crippen molar-refractivity contribution in [3.8, 4) is 0 Å². The topological polar surface area (TPSA) is 66.4 Å². The van der Waals surface area contributed by atoms with Gasteiger partial charge in [0.15, 0.2) is 0 Å². The van der Waals surface area contributed by atoms with Crippen LogP contribution < -0.4 is 4.72 Å². The minimum absolute atomic E-state index is 0.232. The quantitative estimate of drug-likeness (QED) is 0.768. The number of thiophene rings is 1. The molecule has 0 saturated heterocycles. The smallest absolute Gasteiger partial charge is 0.242 e. The molecule has 0 aliphatic carbocycles. The van der Waals surface area contributed by atoms with Gasteiger partial charge in [0.2, 0.25) is 10.0 Å². The van der Waals surface area contributed by atoms with E-state index >= 15 is 0 Å². The second kappa shape index (κ2) is 6.87. The molecule has 1 aromatic heterocycles. The molecule has 21 heavy (non-hydrogen) atoms. The highest BCUT2D eigenvalue weighted by atomic mass is 32.2. The van der Waals surface area contributed by atoms with Crippen molar-refractivity contribution in [2.45, 2.75) is 38.2 Å². The molecule has 4 nitrogen and oxygen atoms in total. The number of benzene rings is 1. The highest BCUT2D eigenvalue weighted by Crippen LogP contribution is 2.34. The summed E-state index contributed by atoms with van der Waals surface area (Å²) in [5.41, 5.74) is 0. The molecule has 116 valence electrons. The van der Waals surface area contributed by atoms with Gasteiger partial charge >= 0.3 is 0 Å². The Balaban J connectivity index is 2.27. The summed E-state index contributed by atoms with van der Waals surface area (Å²) >= 11 is 1.33. The van der Waals surface area contributed by atoms with Gasteiger partial charge in [-0.2, -0.15) is 0 Å². The van der Waals surface area contributed by atoms with Gasteiger partial charge in [0, 0.05) is 16.6 Å². The van der Waals surface area contributed by atoms with Gasteiger partial charge in [-0.25, -0.2) is 13.1 Å². The van der Waals surface area contributed by atoms with Crippen molar-refractivity contribution < 1.29 is 13.5 Å². The van der Waals surface area contributed by atoms with Gasteiger partial charge < -0.3 is 5.11 Å². The molecule has 0 unspecified atom stereocenters. The summed E-state index contributed by atoms with van der Waals surface area (Å²) < 4.78 is 28.6. The van der Waals surface area contributed by atoms with E-state index in [9.17, 15) is 13.5 Å². The van der Waals surface area contributed by atoms with Crippen LogP contribution in [0.4, 0.5) is 0 Å². The predicted molar refractivity (Wildman–Crippen MR) is 87.0 cm³/mol. The third kappa shape index (κ3) is 3.83. The second-order valence-corrected chi connectivity index (χ2v) is 8.28. The van der Waals surface area contributed by atoms with E-state index in [2.05, 4.69) is 18.6 Å². The summed E-state index contributed by atoms with van der Waals surface area (Å²) in [7, 11) is -3.58. The first-order valence-corrected chi connectivity index (χ1v) is 9.36. The molecular formula is C15H21NO3S2. The van der Waals surface area contributed by atoms with Crippen LogP contribution in [0.15, 0.2) is 29.2 Å². The van der Waals surface area contributed by atoms with Crippen LogP contribution in [0.25, 0.3) is 10.1 Å². The molecular weight excluding hydrogens is 306 g/mol. The van der Waals surface area contributed by atoms with Crippen LogP contribution >= 0.6 is 11.3 Å². The molecule has 0 amide bonds. The first kappa shape index (κ1) is 16.4. The Hall–Kier alpha value is -0.950. The molecule has 2 N–H and O–H groups in total. The lowest BCUT2D eigenvalue weighted by Gasteiger charge is -2.09. The molecule has 0 fully saturated rings. The van der Waals surface area contributed by atoms with Crippen LogP contribution in [-0.2, 0) is 16.6 Å². The Morgan fingerprint density at radius 2 is 2.00 bits per heavy atom. The highest BCUT2D eigenvalue weighted by molar-refractivity contribution is 7.90. The van der Waals surface area contributed by atoms with Crippen molar-refractivity contribution in [3.63, 3.8) is 0 Å². The van der Waals surface area contributed by atoms with Crippen LogP contribution in [0.2, 0.25) is 0 Å². The van der Waals surface area contributed by atoms with Crippen molar-refractivity contribution in [2.75, 3.05) is 6.54 Å². The monoisotopic (exact) mass is 327 g/mol. The third-order valence-electron chi connectivity index (χ3n) is 3.28. The molecule has 2 rings (SSSR count). The van der Waals surface area contributed by atoms with E-state index in [0.29, 0.717) is 22.7 Å². The number of hydrogen-bond donors (Lipinski definition) is 2. The molecule has 1 heterocycles. The van der Waals surface area contributed by atoms with E-state index in [0.717, 1.165) is 17.5 Å². The van der Waals surface area contributed by atoms with Gasteiger partial charge in [-0.1, -0.05) is 32.0 Å². The summed E-state index contributed by atoms with van der Waals surface area (Å²) in [6.07, 6.45) is 1.80. The Bertz CT molecular complexity index is 705. The standard InChI is InChI=1S/C15H21NO3S2/c1-11(2)6-5-9-16-21(18,19)15-12-7-3-4-8-13(12)20-14(15)10-17/h3-4,7-8,11,16-17H,5-6,9-10H2,1-2H3. The lowest BCUT2D eigenvalue weighted by atomic mass is 10.1. The number of aliphatic hydroxyl groups is 1. The maximum atomic E-state index is 12.5. The van der Waals surface area contributed by atoms with Gasteiger partial charge in [0.25, 0.3) is 0 Å². The third-order valence-corrected chi connectivity index (χ3v) is 6.15.